The van der Waals surface area contributed by atoms with Crippen LogP contribution in [-0.2, 0) is 0 Å². The smallest absolute Gasteiger partial charge is 0.261 e. The number of likely N-dealkylation sites (N-methyl/N-ethyl adjacent to an activating group) is 2. The van der Waals surface area contributed by atoms with Crippen LogP contribution in [0.1, 0.15) is 63.1 Å². The second-order valence-corrected chi connectivity index (χ2v) is 12.4. The SMILES string of the molecule is CN(CCCN(C)C(C)(C)CN1C(=O)c2cccc3cccc(c23)C1=O)CCN1C(=O)c2cccc3cccc(c23)C1O. The highest BCUT2D eigenvalue weighted by molar-refractivity contribution is 6.25. The minimum atomic E-state index is -0.967. The first kappa shape index (κ1) is 29.0. The van der Waals surface area contributed by atoms with Crippen molar-refractivity contribution in [2.45, 2.75) is 32.0 Å². The monoisotopic (exact) mass is 578 g/mol. The average molecular weight is 579 g/mol. The van der Waals surface area contributed by atoms with Gasteiger partial charge in [-0.2, -0.15) is 0 Å². The van der Waals surface area contributed by atoms with Crippen molar-refractivity contribution in [1.29, 1.82) is 0 Å². The normalized spacial score (nSPS) is 16.8. The van der Waals surface area contributed by atoms with Crippen LogP contribution in [0.15, 0.2) is 72.8 Å². The highest BCUT2D eigenvalue weighted by atomic mass is 16.3. The molecule has 222 valence electrons. The van der Waals surface area contributed by atoms with Gasteiger partial charge in [0.05, 0.1) is 0 Å². The average Bonchev–Trinajstić information content (AvgIpc) is 3.00. The van der Waals surface area contributed by atoms with E-state index in [2.05, 4.69) is 23.6 Å². The molecule has 2 aliphatic rings. The van der Waals surface area contributed by atoms with E-state index < -0.39 is 11.8 Å². The van der Waals surface area contributed by atoms with Crippen LogP contribution in [0.4, 0.5) is 0 Å². The van der Waals surface area contributed by atoms with E-state index in [4.69, 9.17) is 0 Å². The highest BCUT2D eigenvalue weighted by Gasteiger charge is 2.37. The van der Waals surface area contributed by atoms with Crippen LogP contribution in [0, 0.1) is 0 Å². The fraction of sp³-hybridized carbons (Fsp3) is 0.343. The Morgan fingerprint density at radius 3 is 1.86 bits per heavy atom. The fourth-order valence-corrected chi connectivity index (χ4v) is 6.42. The first-order valence-corrected chi connectivity index (χ1v) is 14.9. The summed E-state index contributed by atoms with van der Waals surface area (Å²) in [5.41, 5.74) is 2.11. The minimum absolute atomic E-state index is 0.146. The molecule has 8 heteroatoms. The maximum Gasteiger partial charge on any atom is 0.261 e. The van der Waals surface area contributed by atoms with E-state index in [1.807, 2.05) is 74.8 Å². The van der Waals surface area contributed by atoms with Crippen molar-refractivity contribution in [2.24, 2.45) is 0 Å². The summed E-state index contributed by atoms with van der Waals surface area (Å²) in [4.78, 5) is 47.4. The van der Waals surface area contributed by atoms with Crippen LogP contribution in [0.5, 0.6) is 0 Å². The molecule has 0 saturated carbocycles. The number of hydrogen-bond donors (Lipinski definition) is 1. The summed E-state index contributed by atoms with van der Waals surface area (Å²) in [6.45, 7) is 6.99. The predicted molar refractivity (Wildman–Crippen MR) is 168 cm³/mol. The molecular formula is C35H38N4O4. The third kappa shape index (κ3) is 5.09. The maximum atomic E-state index is 13.4. The Labute approximate surface area is 252 Å². The van der Waals surface area contributed by atoms with E-state index >= 15 is 0 Å². The van der Waals surface area contributed by atoms with Gasteiger partial charge in [-0.15, -0.1) is 0 Å². The Balaban J connectivity index is 1.03. The van der Waals surface area contributed by atoms with Crippen LogP contribution in [0.2, 0.25) is 0 Å². The van der Waals surface area contributed by atoms with Gasteiger partial charge in [-0.25, -0.2) is 0 Å². The number of nitrogens with zero attached hydrogens (tertiary/aromatic N) is 4. The van der Waals surface area contributed by atoms with Gasteiger partial charge in [0.2, 0.25) is 0 Å². The molecule has 2 aliphatic heterocycles. The van der Waals surface area contributed by atoms with Crippen molar-refractivity contribution in [3.63, 3.8) is 0 Å². The molecule has 0 bridgehead atoms. The van der Waals surface area contributed by atoms with Crippen molar-refractivity contribution in [1.82, 2.24) is 19.6 Å². The summed E-state index contributed by atoms with van der Waals surface area (Å²) in [6, 6.07) is 22.6. The number of rotatable bonds is 10. The van der Waals surface area contributed by atoms with Gasteiger partial charge in [0.25, 0.3) is 17.7 Å². The molecular weight excluding hydrogens is 540 g/mol. The summed E-state index contributed by atoms with van der Waals surface area (Å²) in [5.74, 6) is -0.639. The van der Waals surface area contributed by atoms with Gasteiger partial charge >= 0.3 is 0 Å². The molecule has 1 N–H and O–H groups in total. The van der Waals surface area contributed by atoms with Crippen LogP contribution in [0.25, 0.3) is 21.5 Å². The molecule has 0 fully saturated rings. The topological polar surface area (TPSA) is 84.4 Å². The van der Waals surface area contributed by atoms with E-state index in [1.54, 1.807) is 17.0 Å². The third-order valence-electron chi connectivity index (χ3n) is 9.19. The van der Waals surface area contributed by atoms with Crippen molar-refractivity contribution in [3.8, 4) is 0 Å². The number of aliphatic hydroxyl groups excluding tert-OH is 1. The number of carbonyl (C=O) groups is 3. The molecule has 43 heavy (non-hydrogen) atoms. The van der Waals surface area contributed by atoms with Gasteiger partial charge in [0, 0.05) is 58.2 Å². The molecule has 1 atom stereocenters. The second-order valence-electron chi connectivity index (χ2n) is 12.4. The Bertz CT molecular complexity index is 1690. The van der Waals surface area contributed by atoms with E-state index in [0.717, 1.165) is 46.6 Å². The molecule has 3 amide bonds. The molecule has 0 spiro atoms. The zero-order chi connectivity index (χ0) is 30.5. The molecule has 6 rings (SSSR count). The van der Waals surface area contributed by atoms with E-state index in [-0.39, 0.29) is 24.3 Å². The summed E-state index contributed by atoms with van der Waals surface area (Å²) in [5, 5.41) is 14.5. The Hall–Kier alpha value is -4.11. The van der Waals surface area contributed by atoms with Gasteiger partial charge in [0.1, 0.15) is 0 Å². The molecule has 0 aliphatic carbocycles. The Kier molecular flexibility index (Phi) is 7.54. The summed E-state index contributed by atoms with van der Waals surface area (Å²) < 4.78 is 0. The van der Waals surface area contributed by atoms with Crippen LogP contribution in [0.3, 0.4) is 0 Å². The van der Waals surface area contributed by atoms with Gasteiger partial charge in [-0.05, 0) is 76.4 Å². The lowest BCUT2D eigenvalue weighted by atomic mass is 9.92. The molecule has 1 unspecified atom stereocenters. The molecule has 4 aromatic carbocycles. The van der Waals surface area contributed by atoms with E-state index in [0.29, 0.717) is 29.8 Å². The molecule has 0 saturated heterocycles. The molecule has 4 aromatic rings. The van der Waals surface area contributed by atoms with Crippen LogP contribution >= 0.6 is 0 Å². The van der Waals surface area contributed by atoms with Crippen LogP contribution in [-0.4, -0.2) is 94.8 Å². The lowest BCUT2D eigenvalue weighted by Crippen LogP contribution is -2.54. The maximum absolute atomic E-state index is 13.4. The number of benzene rings is 4. The van der Waals surface area contributed by atoms with Crippen molar-refractivity contribution < 1.29 is 19.5 Å². The lowest BCUT2D eigenvalue weighted by molar-refractivity contribution is 0.00190. The minimum Gasteiger partial charge on any atom is -0.369 e. The molecule has 0 radical (unpaired) electrons. The zero-order valence-electron chi connectivity index (χ0n) is 25.2. The number of aliphatic hydroxyl groups is 1. The lowest BCUT2D eigenvalue weighted by Gasteiger charge is -2.40. The Morgan fingerprint density at radius 1 is 0.721 bits per heavy atom. The standard InChI is InChI=1S/C35H38N4O4/c1-35(2,22-39-33(42)27-16-7-12-24-13-8-17-28(30(24)27)34(39)43)37(4)19-9-18-36(3)20-21-38-31(40)25-14-5-10-23-11-6-15-26(29(23)25)32(38)41/h5-8,10-17,31,40H,9,18-22H2,1-4H3. The van der Waals surface area contributed by atoms with Gasteiger partial charge in [-0.1, -0.05) is 54.6 Å². The fourth-order valence-electron chi connectivity index (χ4n) is 6.42. The van der Waals surface area contributed by atoms with E-state index in [1.165, 1.54) is 4.90 Å². The number of hydrogen-bond acceptors (Lipinski definition) is 6. The molecule has 8 nitrogen and oxygen atoms in total. The Morgan fingerprint density at radius 2 is 1.26 bits per heavy atom. The van der Waals surface area contributed by atoms with Crippen molar-refractivity contribution >= 4 is 39.3 Å². The summed E-state index contributed by atoms with van der Waals surface area (Å²) in [6.07, 6.45) is -0.107. The second kappa shape index (κ2) is 11.2. The van der Waals surface area contributed by atoms with Crippen molar-refractivity contribution in [3.05, 3.63) is 95.1 Å². The zero-order valence-corrected chi connectivity index (χ0v) is 25.2. The largest absolute Gasteiger partial charge is 0.369 e. The van der Waals surface area contributed by atoms with Gasteiger partial charge in [-0.3, -0.25) is 24.2 Å². The number of amides is 3. The molecule has 2 heterocycles. The summed E-state index contributed by atoms with van der Waals surface area (Å²) in [7, 11) is 4.04. The number of carbonyl (C=O) groups excluding carboxylic acids is 3. The van der Waals surface area contributed by atoms with Crippen LogP contribution < -0.4 is 0 Å². The summed E-state index contributed by atoms with van der Waals surface area (Å²) >= 11 is 0. The highest BCUT2D eigenvalue weighted by Crippen LogP contribution is 2.35. The first-order chi connectivity index (χ1) is 20.6. The first-order valence-electron chi connectivity index (χ1n) is 14.9. The third-order valence-corrected chi connectivity index (χ3v) is 9.19. The quantitative estimate of drug-likeness (QED) is 0.273. The number of imide groups is 1. The molecule has 0 aromatic heterocycles. The van der Waals surface area contributed by atoms with Gasteiger partial charge in [0.15, 0.2) is 6.23 Å². The predicted octanol–water partition coefficient (Wildman–Crippen LogP) is 4.77. The van der Waals surface area contributed by atoms with E-state index in [9.17, 15) is 19.5 Å². The van der Waals surface area contributed by atoms with Crippen molar-refractivity contribution in [2.75, 3.05) is 46.8 Å². The van der Waals surface area contributed by atoms with Gasteiger partial charge < -0.3 is 14.9 Å².